The molecule has 0 bridgehead atoms. The molecule has 0 saturated carbocycles. The summed E-state index contributed by atoms with van der Waals surface area (Å²) in [5.74, 6) is 0. The van der Waals surface area contributed by atoms with Crippen LogP contribution in [0.3, 0.4) is 0 Å². The first-order valence-corrected chi connectivity index (χ1v) is 8.52. The third-order valence-corrected chi connectivity index (χ3v) is 5.51. The van der Waals surface area contributed by atoms with E-state index in [9.17, 15) is 8.42 Å². The summed E-state index contributed by atoms with van der Waals surface area (Å²) in [5.41, 5.74) is 1.64. The Morgan fingerprint density at radius 3 is 2.30 bits per heavy atom. The van der Waals surface area contributed by atoms with Gasteiger partial charge in [0.25, 0.3) is 0 Å². The summed E-state index contributed by atoms with van der Waals surface area (Å²) in [6, 6.07) is 14.2. The molecular weight excluding hydrogens is 338 g/mol. The van der Waals surface area contributed by atoms with Crippen LogP contribution in [-0.2, 0) is 10.0 Å². The molecule has 0 aromatic heterocycles. The molecule has 3 nitrogen and oxygen atoms in total. The van der Waals surface area contributed by atoms with Crippen molar-refractivity contribution >= 4 is 26.0 Å². The van der Waals surface area contributed by atoms with Gasteiger partial charge in [0.05, 0.1) is 4.90 Å². The third kappa shape index (κ3) is 3.29. The van der Waals surface area contributed by atoms with Gasteiger partial charge in [0.15, 0.2) is 0 Å². The second-order valence-electron chi connectivity index (χ2n) is 4.63. The number of hydrogen-bond donors (Lipinski definition) is 1. The summed E-state index contributed by atoms with van der Waals surface area (Å²) in [7, 11) is -3.53. The Morgan fingerprint density at radius 2 is 1.65 bits per heavy atom. The molecule has 0 spiro atoms. The molecule has 0 aliphatic rings. The number of sulfonamides is 1. The van der Waals surface area contributed by atoms with Crippen LogP contribution in [0.2, 0.25) is 0 Å². The lowest BCUT2D eigenvalue weighted by Crippen LogP contribution is -2.27. The van der Waals surface area contributed by atoms with Crippen molar-refractivity contribution in [3.63, 3.8) is 0 Å². The SMILES string of the molecule is Cc1ccccc1S(=O)(=O)NC(C)c1ccccc1Br. The molecule has 2 rings (SSSR count). The van der Waals surface area contributed by atoms with Crippen LogP contribution in [0.4, 0.5) is 0 Å². The summed E-state index contributed by atoms with van der Waals surface area (Å²) >= 11 is 3.44. The number of rotatable bonds is 4. The molecule has 2 aromatic rings. The van der Waals surface area contributed by atoms with Gasteiger partial charge in [-0.25, -0.2) is 13.1 Å². The molecule has 0 heterocycles. The number of benzene rings is 2. The predicted molar refractivity (Wildman–Crippen MR) is 84.1 cm³/mol. The Balaban J connectivity index is 2.30. The van der Waals surface area contributed by atoms with E-state index < -0.39 is 10.0 Å². The summed E-state index contributed by atoms with van der Waals surface area (Å²) in [4.78, 5) is 0.318. The van der Waals surface area contributed by atoms with Crippen LogP contribution in [0.15, 0.2) is 57.9 Å². The number of aryl methyl sites for hydroxylation is 1. The molecule has 1 unspecified atom stereocenters. The summed E-state index contributed by atoms with van der Waals surface area (Å²) in [6.07, 6.45) is 0. The molecule has 0 aliphatic carbocycles. The molecule has 0 amide bonds. The summed E-state index contributed by atoms with van der Waals surface area (Å²) in [6.45, 7) is 3.62. The smallest absolute Gasteiger partial charge is 0.207 e. The lowest BCUT2D eigenvalue weighted by atomic mass is 10.1. The van der Waals surface area contributed by atoms with Crippen molar-refractivity contribution in [2.45, 2.75) is 24.8 Å². The highest BCUT2D eigenvalue weighted by Gasteiger charge is 2.20. The highest BCUT2D eigenvalue weighted by Crippen LogP contribution is 2.25. The van der Waals surface area contributed by atoms with E-state index in [1.165, 1.54) is 0 Å². The topological polar surface area (TPSA) is 46.2 Å². The molecule has 5 heteroatoms. The minimum atomic E-state index is -3.53. The minimum Gasteiger partial charge on any atom is -0.207 e. The largest absolute Gasteiger partial charge is 0.241 e. The fourth-order valence-electron chi connectivity index (χ4n) is 2.04. The van der Waals surface area contributed by atoms with Crippen molar-refractivity contribution in [2.75, 3.05) is 0 Å². The molecule has 20 heavy (non-hydrogen) atoms. The number of hydrogen-bond acceptors (Lipinski definition) is 2. The van der Waals surface area contributed by atoms with E-state index >= 15 is 0 Å². The van der Waals surface area contributed by atoms with E-state index in [0.717, 1.165) is 15.6 Å². The second-order valence-corrected chi connectivity index (χ2v) is 7.17. The second kappa shape index (κ2) is 6.08. The van der Waals surface area contributed by atoms with E-state index in [2.05, 4.69) is 20.7 Å². The summed E-state index contributed by atoms with van der Waals surface area (Å²) < 4.78 is 28.4. The van der Waals surface area contributed by atoms with Gasteiger partial charge < -0.3 is 0 Å². The highest BCUT2D eigenvalue weighted by atomic mass is 79.9. The molecule has 106 valence electrons. The van der Waals surface area contributed by atoms with Gasteiger partial charge in [-0.3, -0.25) is 0 Å². The first kappa shape index (κ1) is 15.2. The van der Waals surface area contributed by atoms with Gasteiger partial charge in [0, 0.05) is 10.5 Å². The van der Waals surface area contributed by atoms with Gasteiger partial charge in [0.1, 0.15) is 0 Å². The van der Waals surface area contributed by atoms with E-state index in [1.807, 2.05) is 37.3 Å². The Hall–Kier alpha value is -1.17. The molecule has 0 radical (unpaired) electrons. The maximum atomic E-state index is 12.4. The molecule has 0 saturated heterocycles. The van der Waals surface area contributed by atoms with Crippen LogP contribution >= 0.6 is 15.9 Å². The standard InChI is InChI=1S/C15H16BrNO2S/c1-11-7-3-6-10-15(11)20(18,19)17-12(2)13-8-4-5-9-14(13)16/h3-10,12,17H,1-2H3. The Morgan fingerprint density at radius 1 is 1.05 bits per heavy atom. The molecule has 2 aromatic carbocycles. The fraction of sp³-hybridized carbons (Fsp3) is 0.200. The predicted octanol–water partition coefficient (Wildman–Crippen LogP) is 3.80. The lowest BCUT2D eigenvalue weighted by molar-refractivity contribution is 0.566. The molecule has 0 fully saturated rings. The van der Waals surface area contributed by atoms with Crippen molar-refractivity contribution in [1.82, 2.24) is 4.72 Å². The van der Waals surface area contributed by atoms with Crippen LogP contribution < -0.4 is 4.72 Å². The van der Waals surface area contributed by atoms with Crippen molar-refractivity contribution in [3.8, 4) is 0 Å². The van der Waals surface area contributed by atoms with Crippen LogP contribution in [0.5, 0.6) is 0 Å². The first-order chi connectivity index (χ1) is 9.42. The van der Waals surface area contributed by atoms with E-state index in [-0.39, 0.29) is 6.04 Å². The zero-order chi connectivity index (χ0) is 14.8. The average molecular weight is 354 g/mol. The van der Waals surface area contributed by atoms with Crippen molar-refractivity contribution in [2.24, 2.45) is 0 Å². The molecule has 0 aliphatic heterocycles. The Kier molecular flexibility index (Phi) is 4.62. The van der Waals surface area contributed by atoms with E-state index in [4.69, 9.17) is 0 Å². The van der Waals surface area contributed by atoms with Gasteiger partial charge in [-0.2, -0.15) is 0 Å². The van der Waals surface area contributed by atoms with Crippen LogP contribution in [0.1, 0.15) is 24.1 Å². The van der Waals surface area contributed by atoms with Gasteiger partial charge in [0.2, 0.25) is 10.0 Å². The third-order valence-electron chi connectivity index (χ3n) is 3.09. The van der Waals surface area contributed by atoms with Crippen LogP contribution in [-0.4, -0.2) is 8.42 Å². The minimum absolute atomic E-state index is 0.310. The monoisotopic (exact) mass is 353 g/mol. The molecule has 1 atom stereocenters. The quantitative estimate of drug-likeness (QED) is 0.908. The van der Waals surface area contributed by atoms with Gasteiger partial charge in [-0.15, -0.1) is 0 Å². The van der Waals surface area contributed by atoms with Gasteiger partial charge in [-0.1, -0.05) is 52.3 Å². The van der Waals surface area contributed by atoms with Gasteiger partial charge in [-0.05, 0) is 37.1 Å². The average Bonchev–Trinajstić information content (AvgIpc) is 2.38. The first-order valence-electron chi connectivity index (χ1n) is 6.24. The molecule has 1 N–H and O–H groups in total. The Labute approximate surface area is 128 Å². The maximum absolute atomic E-state index is 12.4. The van der Waals surface area contributed by atoms with E-state index in [0.29, 0.717) is 4.90 Å². The number of nitrogens with one attached hydrogen (secondary N) is 1. The molecular formula is C15H16BrNO2S. The van der Waals surface area contributed by atoms with Crippen LogP contribution in [0.25, 0.3) is 0 Å². The van der Waals surface area contributed by atoms with Gasteiger partial charge >= 0.3 is 0 Å². The zero-order valence-corrected chi connectivity index (χ0v) is 13.7. The number of halogens is 1. The van der Waals surface area contributed by atoms with Crippen molar-refractivity contribution in [1.29, 1.82) is 0 Å². The summed E-state index contributed by atoms with van der Waals surface area (Å²) in [5, 5.41) is 0. The fourth-order valence-corrected chi connectivity index (χ4v) is 4.14. The highest BCUT2D eigenvalue weighted by molar-refractivity contribution is 9.10. The zero-order valence-electron chi connectivity index (χ0n) is 11.3. The Bertz CT molecular complexity index is 713. The maximum Gasteiger partial charge on any atom is 0.241 e. The van der Waals surface area contributed by atoms with Crippen LogP contribution in [0, 0.1) is 6.92 Å². The normalized spacial score (nSPS) is 13.2. The van der Waals surface area contributed by atoms with Crippen molar-refractivity contribution in [3.05, 3.63) is 64.1 Å². The lowest BCUT2D eigenvalue weighted by Gasteiger charge is -2.17. The van der Waals surface area contributed by atoms with E-state index in [1.54, 1.807) is 25.1 Å². The van der Waals surface area contributed by atoms with Crippen molar-refractivity contribution < 1.29 is 8.42 Å².